The van der Waals surface area contributed by atoms with Crippen molar-refractivity contribution in [2.45, 2.75) is 19.4 Å². The lowest BCUT2D eigenvalue weighted by Crippen LogP contribution is -2.30. The molecule has 0 unspecified atom stereocenters. The molecule has 0 aliphatic heterocycles. The van der Waals surface area contributed by atoms with Crippen LogP contribution in [0.4, 0.5) is 5.69 Å². The fraction of sp³-hybridized carbons (Fsp3) is 0.267. The summed E-state index contributed by atoms with van der Waals surface area (Å²) in [6.45, 7) is 1.87. The van der Waals surface area contributed by atoms with E-state index < -0.39 is 4.92 Å². The molecule has 2 aromatic rings. The summed E-state index contributed by atoms with van der Waals surface area (Å²) in [5.74, 6) is -0.00328. The van der Waals surface area contributed by atoms with Crippen LogP contribution < -0.4 is 0 Å². The molecule has 1 amide bonds. The van der Waals surface area contributed by atoms with Gasteiger partial charge in [-0.25, -0.2) is 0 Å². The Morgan fingerprint density at radius 1 is 1.38 bits per heavy atom. The van der Waals surface area contributed by atoms with Crippen LogP contribution in [0.3, 0.4) is 0 Å². The molecule has 110 valence electrons. The Hall–Kier alpha value is -2.21. The molecule has 0 fully saturated rings. The van der Waals surface area contributed by atoms with Gasteiger partial charge in [-0.05, 0) is 23.9 Å². The van der Waals surface area contributed by atoms with Crippen molar-refractivity contribution < 1.29 is 9.72 Å². The van der Waals surface area contributed by atoms with E-state index in [0.29, 0.717) is 6.42 Å². The molecule has 1 aromatic heterocycles. The number of benzene rings is 1. The van der Waals surface area contributed by atoms with Gasteiger partial charge in [-0.1, -0.05) is 18.2 Å². The minimum absolute atomic E-state index is 0.00328. The Morgan fingerprint density at radius 2 is 2.14 bits per heavy atom. The number of rotatable bonds is 5. The number of nitrogens with zero attached hydrogens (tertiary/aromatic N) is 2. The van der Waals surface area contributed by atoms with E-state index in [1.807, 2.05) is 24.4 Å². The Labute approximate surface area is 127 Å². The second kappa shape index (κ2) is 6.49. The van der Waals surface area contributed by atoms with Gasteiger partial charge < -0.3 is 4.90 Å². The zero-order valence-electron chi connectivity index (χ0n) is 11.9. The smallest absolute Gasteiger partial charge is 0.269 e. The van der Waals surface area contributed by atoms with Gasteiger partial charge in [-0.2, -0.15) is 0 Å². The van der Waals surface area contributed by atoms with Crippen LogP contribution in [0.25, 0.3) is 0 Å². The summed E-state index contributed by atoms with van der Waals surface area (Å²) in [7, 11) is 1.72. The van der Waals surface area contributed by atoms with Crippen molar-refractivity contribution in [1.82, 2.24) is 4.90 Å². The molecular formula is C15H16N2O3S. The van der Waals surface area contributed by atoms with E-state index in [4.69, 9.17) is 0 Å². The number of carbonyl (C=O) groups excluding carboxylic acids is 1. The average molecular weight is 304 g/mol. The molecule has 6 heteroatoms. The molecule has 0 N–H and O–H groups in total. The van der Waals surface area contributed by atoms with Gasteiger partial charge in [0.25, 0.3) is 5.69 Å². The summed E-state index contributed by atoms with van der Waals surface area (Å²) < 4.78 is 0. The predicted octanol–water partition coefficient (Wildman–Crippen LogP) is 3.42. The van der Waals surface area contributed by atoms with Gasteiger partial charge >= 0.3 is 0 Å². The van der Waals surface area contributed by atoms with Gasteiger partial charge in [0.1, 0.15) is 0 Å². The number of thiophene rings is 1. The maximum Gasteiger partial charge on any atom is 0.269 e. The number of hydrogen-bond donors (Lipinski definition) is 0. The number of nitro groups is 1. The van der Waals surface area contributed by atoms with Crippen molar-refractivity contribution in [2.75, 3.05) is 7.05 Å². The van der Waals surface area contributed by atoms with Crippen molar-refractivity contribution in [1.29, 1.82) is 0 Å². The molecule has 0 aliphatic rings. The molecule has 0 saturated carbocycles. The zero-order chi connectivity index (χ0) is 15.4. The maximum absolute atomic E-state index is 12.2. The van der Waals surface area contributed by atoms with Crippen molar-refractivity contribution in [3.63, 3.8) is 0 Å². The number of hydrogen-bond acceptors (Lipinski definition) is 4. The normalized spacial score (nSPS) is 11.9. The SMILES string of the molecule is C[C@H](c1cccc([N+](=O)[O-])c1)N(C)C(=O)Cc1cccs1. The summed E-state index contributed by atoms with van der Waals surface area (Å²) in [5.41, 5.74) is 0.796. The van der Waals surface area contributed by atoms with E-state index in [1.165, 1.54) is 12.1 Å². The van der Waals surface area contributed by atoms with Crippen LogP contribution in [0.15, 0.2) is 41.8 Å². The maximum atomic E-state index is 12.2. The molecule has 0 radical (unpaired) electrons. The summed E-state index contributed by atoms with van der Waals surface area (Å²) >= 11 is 1.55. The molecule has 0 saturated heterocycles. The molecule has 0 bridgehead atoms. The molecular weight excluding hydrogens is 288 g/mol. The largest absolute Gasteiger partial charge is 0.339 e. The topological polar surface area (TPSA) is 63.5 Å². The third-order valence-corrected chi connectivity index (χ3v) is 4.32. The summed E-state index contributed by atoms with van der Waals surface area (Å²) in [4.78, 5) is 25.3. The highest BCUT2D eigenvalue weighted by molar-refractivity contribution is 7.10. The summed E-state index contributed by atoms with van der Waals surface area (Å²) in [6.07, 6.45) is 0.355. The second-order valence-corrected chi connectivity index (χ2v) is 5.82. The predicted molar refractivity (Wildman–Crippen MR) is 82.3 cm³/mol. The highest BCUT2D eigenvalue weighted by atomic mass is 32.1. The number of nitro benzene ring substituents is 1. The first-order chi connectivity index (χ1) is 9.99. The van der Waals surface area contributed by atoms with E-state index >= 15 is 0 Å². The van der Waals surface area contributed by atoms with Crippen LogP contribution in [0, 0.1) is 10.1 Å². The van der Waals surface area contributed by atoms with Gasteiger partial charge in [0.2, 0.25) is 5.91 Å². The first-order valence-corrected chi connectivity index (χ1v) is 7.39. The highest BCUT2D eigenvalue weighted by Gasteiger charge is 2.19. The van der Waals surface area contributed by atoms with Gasteiger partial charge in [0.05, 0.1) is 17.4 Å². The van der Waals surface area contributed by atoms with Gasteiger partial charge in [0, 0.05) is 24.1 Å². The Balaban J connectivity index is 2.11. The average Bonchev–Trinajstić information content (AvgIpc) is 2.98. The van der Waals surface area contributed by atoms with Crippen LogP contribution in [0.1, 0.15) is 23.4 Å². The fourth-order valence-electron chi connectivity index (χ4n) is 2.02. The fourth-order valence-corrected chi connectivity index (χ4v) is 2.72. The number of amides is 1. The summed E-state index contributed by atoms with van der Waals surface area (Å²) in [5, 5.41) is 12.8. The lowest BCUT2D eigenvalue weighted by molar-refractivity contribution is -0.384. The monoisotopic (exact) mass is 304 g/mol. The lowest BCUT2D eigenvalue weighted by Gasteiger charge is -2.25. The Morgan fingerprint density at radius 3 is 2.76 bits per heavy atom. The molecule has 1 atom stereocenters. The lowest BCUT2D eigenvalue weighted by atomic mass is 10.1. The minimum Gasteiger partial charge on any atom is -0.339 e. The second-order valence-electron chi connectivity index (χ2n) is 4.79. The van der Waals surface area contributed by atoms with Crippen LogP contribution >= 0.6 is 11.3 Å². The van der Waals surface area contributed by atoms with E-state index in [9.17, 15) is 14.9 Å². The van der Waals surface area contributed by atoms with Gasteiger partial charge in [-0.15, -0.1) is 11.3 Å². The van der Waals surface area contributed by atoms with E-state index in [2.05, 4.69) is 0 Å². The quantitative estimate of drug-likeness (QED) is 0.628. The van der Waals surface area contributed by atoms with E-state index in [0.717, 1.165) is 10.4 Å². The van der Waals surface area contributed by atoms with Crippen LogP contribution in [0.5, 0.6) is 0 Å². The molecule has 5 nitrogen and oxygen atoms in total. The molecule has 1 aromatic carbocycles. The molecule has 0 aliphatic carbocycles. The van der Waals surface area contributed by atoms with E-state index in [-0.39, 0.29) is 17.6 Å². The van der Waals surface area contributed by atoms with Gasteiger partial charge in [0.15, 0.2) is 0 Å². The number of likely N-dealkylation sites (N-methyl/N-ethyl adjacent to an activating group) is 1. The molecule has 0 spiro atoms. The van der Waals surface area contributed by atoms with Crippen molar-refractivity contribution >= 4 is 22.9 Å². The minimum atomic E-state index is -0.427. The zero-order valence-corrected chi connectivity index (χ0v) is 12.7. The highest BCUT2D eigenvalue weighted by Crippen LogP contribution is 2.24. The standard InChI is InChI=1S/C15H16N2O3S/c1-11(12-5-3-6-13(9-12)17(19)20)16(2)15(18)10-14-7-4-8-21-14/h3-9,11H,10H2,1-2H3/t11-/m1/s1. The molecule has 1 heterocycles. The van der Waals surface area contributed by atoms with Crippen LogP contribution in [-0.4, -0.2) is 22.8 Å². The summed E-state index contributed by atoms with van der Waals surface area (Å²) in [6, 6.07) is 10.0. The molecule has 2 rings (SSSR count). The van der Waals surface area contributed by atoms with Crippen molar-refractivity contribution in [3.05, 3.63) is 62.3 Å². The van der Waals surface area contributed by atoms with Gasteiger partial charge in [-0.3, -0.25) is 14.9 Å². The Kier molecular flexibility index (Phi) is 4.70. The third-order valence-electron chi connectivity index (χ3n) is 3.44. The van der Waals surface area contributed by atoms with Crippen molar-refractivity contribution in [3.8, 4) is 0 Å². The van der Waals surface area contributed by atoms with Crippen LogP contribution in [-0.2, 0) is 11.2 Å². The number of carbonyl (C=O) groups is 1. The molecule has 21 heavy (non-hydrogen) atoms. The number of non-ortho nitro benzene ring substituents is 1. The van der Waals surface area contributed by atoms with E-state index in [1.54, 1.807) is 35.4 Å². The van der Waals surface area contributed by atoms with Crippen molar-refractivity contribution in [2.24, 2.45) is 0 Å². The Bertz CT molecular complexity index is 640. The first kappa shape index (κ1) is 15.2. The van der Waals surface area contributed by atoms with Crippen LogP contribution in [0.2, 0.25) is 0 Å². The third kappa shape index (κ3) is 3.66. The first-order valence-electron chi connectivity index (χ1n) is 6.51.